The van der Waals surface area contributed by atoms with Crippen LogP contribution in [0.25, 0.3) is 0 Å². The monoisotopic (exact) mass is 209 g/mol. The Bertz CT molecular complexity index is 266. The number of hydrogen-bond acceptors (Lipinski definition) is 1. The quantitative estimate of drug-likeness (QED) is 0.627. The van der Waals surface area contributed by atoms with Crippen molar-refractivity contribution < 1.29 is 0 Å². The molecular weight excluding hydrogens is 182 g/mol. The first-order valence-electron chi connectivity index (χ1n) is 6.10. The maximum absolute atomic E-state index is 2.44. The Morgan fingerprint density at radius 3 is 1.87 bits per heavy atom. The molecule has 0 aliphatic carbocycles. The first-order valence-corrected chi connectivity index (χ1v) is 6.10. The van der Waals surface area contributed by atoms with Crippen LogP contribution in [-0.2, 0) is 0 Å². The van der Waals surface area contributed by atoms with E-state index in [1.54, 1.807) is 11.1 Å². The van der Waals surface area contributed by atoms with E-state index >= 15 is 0 Å². The molecule has 0 fully saturated rings. The average Bonchev–Trinajstić information content (AvgIpc) is 2.47. The van der Waals surface area contributed by atoms with Gasteiger partial charge in [0.25, 0.3) is 0 Å². The summed E-state index contributed by atoms with van der Waals surface area (Å²) in [7, 11) is 2.23. The molecule has 1 aliphatic rings. The first kappa shape index (κ1) is 12.8. The Hall–Kier alpha value is -0.300. The average molecular weight is 209 g/mol. The molecule has 0 spiro atoms. The number of likely N-dealkylation sites (N-methyl/N-ethyl adjacent to an activating group) is 1. The highest BCUT2D eigenvalue weighted by Gasteiger charge is 2.34. The number of hydrogen-bond donors (Lipinski definition) is 0. The van der Waals surface area contributed by atoms with Gasteiger partial charge in [-0.05, 0) is 35.4 Å². The summed E-state index contributed by atoms with van der Waals surface area (Å²) in [5.74, 6) is 0. The van der Waals surface area contributed by atoms with E-state index in [1.807, 2.05) is 0 Å². The third kappa shape index (κ3) is 2.63. The fourth-order valence-electron chi connectivity index (χ4n) is 2.31. The van der Waals surface area contributed by atoms with Gasteiger partial charge >= 0.3 is 0 Å². The summed E-state index contributed by atoms with van der Waals surface area (Å²) in [5, 5.41) is 0. The molecule has 0 saturated heterocycles. The van der Waals surface area contributed by atoms with Gasteiger partial charge in [-0.15, -0.1) is 0 Å². The maximum atomic E-state index is 2.44. The van der Waals surface area contributed by atoms with Crippen LogP contribution in [0.3, 0.4) is 0 Å². The normalized spacial score (nSPS) is 20.2. The lowest BCUT2D eigenvalue weighted by Crippen LogP contribution is -2.21. The molecule has 0 bridgehead atoms. The molecule has 0 N–H and O–H groups in total. The van der Waals surface area contributed by atoms with Crippen molar-refractivity contribution in [3.63, 3.8) is 0 Å². The minimum absolute atomic E-state index is 0.326. The highest BCUT2D eigenvalue weighted by molar-refractivity contribution is 5.31. The van der Waals surface area contributed by atoms with Crippen LogP contribution >= 0.6 is 0 Å². The van der Waals surface area contributed by atoms with Crippen molar-refractivity contribution in [3.05, 3.63) is 11.1 Å². The Balaban J connectivity index is 3.10. The van der Waals surface area contributed by atoms with E-state index in [0.717, 1.165) is 13.1 Å². The molecule has 0 amide bonds. The summed E-state index contributed by atoms with van der Waals surface area (Å²) in [6.45, 7) is 16.4. The predicted octanol–water partition coefficient (Wildman–Crippen LogP) is 3.71. The molecule has 1 heteroatoms. The summed E-state index contributed by atoms with van der Waals surface area (Å²) in [5.41, 5.74) is 4.04. The van der Waals surface area contributed by atoms with Gasteiger partial charge in [0.15, 0.2) is 0 Å². The highest BCUT2D eigenvalue weighted by Crippen LogP contribution is 2.42. The molecule has 1 heterocycles. The minimum atomic E-state index is 0.326. The molecular formula is C14H27N. The van der Waals surface area contributed by atoms with Gasteiger partial charge in [-0.3, -0.25) is 4.90 Å². The van der Waals surface area contributed by atoms with Crippen molar-refractivity contribution in [2.45, 2.75) is 48.0 Å². The molecule has 0 unspecified atom stereocenters. The van der Waals surface area contributed by atoms with Crippen molar-refractivity contribution >= 4 is 0 Å². The first-order chi connectivity index (χ1) is 6.68. The van der Waals surface area contributed by atoms with E-state index in [1.165, 1.54) is 6.42 Å². The Labute approximate surface area is 95.5 Å². The summed E-state index contributed by atoms with van der Waals surface area (Å²) in [4.78, 5) is 2.44. The summed E-state index contributed by atoms with van der Waals surface area (Å²) in [6, 6.07) is 0. The third-order valence-electron chi connectivity index (χ3n) is 3.83. The Morgan fingerprint density at radius 2 is 1.47 bits per heavy atom. The van der Waals surface area contributed by atoms with Crippen molar-refractivity contribution in [2.24, 2.45) is 10.8 Å². The zero-order chi connectivity index (χ0) is 11.9. The van der Waals surface area contributed by atoms with E-state index < -0.39 is 0 Å². The largest absolute Gasteiger partial charge is 0.298 e. The number of rotatable bonds is 2. The fraction of sp³-hybridized carbons (Fsp3) is 0.857. The van der Waals surface area contributed by atoms with Crippen LogP contribution in [0.1, 0.15) is 48.0 Å². The zero-order valence-corrected chi connectivity index (χ0v) is 11.6. The Morgan fingerprint density at radius 1 is 1.00 bits per heavy atom. The van der Waals surface area contributed by atoms with Gasteiger partial charge in [0.2, 0.25) is 0 Å². The molecule has 1 aliphatic heterocycles. The van der Waals surface area contributed by atoms with Crippen molar-refractivity contribution in [1.82, 2.24) is 4.90 Å². The second-order valence-corrected chi connectivity index (χ2v) is 6.62. The predicted molar refractivity (Wildman–Crippen MR) is 68.1 cm³/mol. The molecule has 1 nitrogen and oxygen atoms in total. The summed E-state index contributed by atoms with van der Waals surface area (Å²) in [6.07, 6.45) is 1.23. The van der Waals surface area contributed by atoms with Crippen molar-refractivity contribution in [3.8, 4) is 0 Å². The van der Waals surface area contributed by atoms with Gasteiger partial charge in [0, 0.05) is 13.1 Å². The summed E-state index contributed by atoms with van der Waals surface area (Å²) >= 11 is 0. The van der Waals surface area contributed by atoms with E-state index in [0.29, 0.717) is 10.8 Å². The lowest BCUT2D eigenvalue weighted by atomic mass is 9.74. The number of nitrogens with zero attached hydrogens (tertiary/aromatic N) is 1. The van der Waals surface area contributed by atoms with Crippen LogP contribution in [0.15, 0.2) is 11.1 Å². The van der Waals surface area contributed by atoms with Gasteiger partial charge in [-0.2, -0.15) is 0 Å². The van der Waals surface area contributed by atoms with E-state index in [-0.39, 0.29) is 0 Å². The molecule has 0 aromatic carbocycles. The van der Waals surface area contributed by atoms with Crippen LogP contribution < -0.4 is 0 Å². The Kier molecular flexibility index (Phi) is 3.35. The molecule has 0 atom stereocenters. The van der Waals surface area contributed by atoms with Crippen LogP contribution in [0.2, 0.25) is 0 Å². The molecule has 0 saturated carbocycles. The molecule has 0 aromatic rings. The van der Waals surface area contributed by atoms with E-state index in [2.05, 4.69) is 53.5 Å². The second-order valence-electron chi connectivity index (χ2n) is 6.62. The molecule has 0 radical (unpaired) electrons. The molecule has 1 rings (SSSR count). The van der Waals surface area contributed by atoms with Crippen molar-refractivity contribution in [2.75, 3.05) is 20.1 Å². The second kappa shape index (κ2) is 3.93. The smallest absolute Gasteiger partial charge is 0.0201 e. The van der Waals surface area contributed by atoms with Crippen molar-refractivity contribution in [1.29, 1.82) is 0 Å². The van der Waals surface area contributed by atoms with Crippen LogP contribution in [0.5, 0.6) is 0 Å². The van der Waals surface area contributed by atoms with Gasteiger partial charge in [-0.1, -0.05) is 41.5 Å². The van der Waals surface area contributed by atoms with E-state index in [9.17, 15) is 0 Å². The topological polar surface area (TPSA) is 3.24 Å². The van der Waals surface area contributed by atoms with Gasteiger partial charge in [0.05, 0.1) is 0 Å². The van der Waals surface area contributed by atoms with Crippen LogP contribution in [0.4, 0.5) is 0 Å². The highest BCUT2D eigenvalue weighted by atomic mass is 15.1. The third-order valence-corrected chi connectivity index (χ3v) is 3.83. The molecule has 0 aromatic heterocycles. The van der Waals surface area contributed by atoms with Gasteiger partial charge in [0.1, 0.15) is 0 Å². The standard InChI is InChI=1S/C14H27N/c1-8-14(5,6)12-10-15(7)9-11(12)13(2,3)4/h8-10H2,1-7H3. The minimum Gasteiger partial charge on any atom is -0.298 e. The SMILES string of the molecule is CCC(C)(C)C1=C(C(C)(C)C)CN(C)C1. The zero-order valence-electron chi connectivity index (χ0n) is 11.6. The van der Waals surface area contributed by atoms with Gasteiger partial charge < -0.3 is 0 Å². The van der Waals surface area contributed by atoms with E-state index in [4.69, 9.17) is 0 Å². The van der Waals surface area contributed by atoms with Crippen LogP contribution in [-0.4, -0.2) is 25.0 Å². The van der Waals surface area contributed by atoms with Crippen LogP contribution in [0, 0.1) is 10.8 Å². The molecule has 88 valence electrons. The lowest BCUT2D eigenvalue weighted by molar-refractivity contribution is 0.368. The lowest BCUT2D eigenvalue weighted by Gasteiger charge is -2.30. The maximum Gasteiger partial charge on any atom is 0.0201 e. The molecule has 15 heavy (non-hydrogen) atoms. The fourth-order valence-corrected chi connectivity index (χ4v) is 2.31. The van der Waals surface area contributed by atoms with Gasteiger partial charge in [-0.25, -0.2) is 0 Å². The summed E-state index contributed by atoms with van der Waals surface area (Å²) < 4.78 is 0.